The van der Waals surface area contributed by atoms with Gasteiger partial charge in [-0.1, -0.05) is 12.1 Å². The molecule has 2 rings (SSSR count). The number of hydrogen-bond acceptors (Lipinski definition) is 3. The zero-order chi connectivity index (χ0) is 12.3. The van der Waals surface area contributed by atoms with Gasteiger partial charge in [-0.2, -0.15) is 0 Å². The van der Waals surface area contributed by atoms with Crippen LogP contribution in [0.1, 0.15) is 11.3 Å². The monoisotopic (exact) mass is 232 g/mol. The summed E-state index contributed by atoms with van der Waals surface area (Å²) in [5, 5.41) is 0. The summed E-state index contributed by atoms with van der Waals surface area (Å²) >= 11 is 0. The van der Waals surface area contributed by atoms with Crippen LogP contribution in [0.3, 0.4) is 0 Å². The van der Waals surface area contributed by atoms with E-state index in [0.29, 0.717) is 18.2 Å². The second kappa shape index (κ2) is 4.93. The number of hydrogen-bond donors (Lipinski definition) is 1. The minimum absolute atomic E-state index is 0.331. The van der Waals surface area contributed by atoms with Crippen LogP contribution >= 0.6 is 0 Å². The second-order valence-corrected chi connectivity index (χ2v) is 3.68. The molecule has 0 aliphatic heterocycles. The van der Waals surface area contributed by atoms with E-state index in [2.05, 4.69) is 4.98 Å². The Bertz CT molecular complexity index is 529. The molecule has 2 N–H and O–H groups in total. The van der Waals surface area contributed by atoms with Crippen LogP contribution in [0.4, 0.5) is 4.39 Å². The van der Waals surface area contributed by atoms with Gasteiger partial charge in [0, 0.05) is 23.9 Å². The molecule has 0 aliphatic carbocycles. The topological polar surface area (TPSA) is 48.1 Å². The Morgan fingerprint density at radius 1 is 1.29 bits per heavy atom. The fourth-order valence-corrected chi connectivity index (χ4v) is 1.45. The number of pyridine rings is 1. The number of halogens is 1. The highest BCUT2D eigenvalue weighted by Crippen LogP contribution is 2.23. The molecular weight excluding hydrogens is 219 g/mol. The lowest BCUT2D eigenvalue weighted by molar-refractivity contribution is 0.450. The zero-order valence-electron chi connectivity index (χ0n) is 9.48. The molecule has 88 valence electrons. The third kappa shape index (κ3) is 2.79. The summed E-state index contributed by atoms with van der Waals surface area (Å²) in [6.45, 7) is 2.19. The molecule has 0 unspecified atom stereocenters. The molecule has 0 fully saturated rings. The molecule has 0 radical (unpaired) electrons. The predicted molar refractivity (Wildman–Crippen MR) is 63.3 cm³/mol. The van der Waals surface area contributed by atoms with Crippen LogP contribution in [0, 0.1) is 12.7 Å². The van der Waals surface area contributed by atoms with E-state index in [9.17, 15) is 4.39 Å². The van der Waals surface area contributed by atoms with Gasteiger partial charge in [0.15, 0.2) is 0 Å². The van der Waals surface area contributed by atoms with Gasteiger partial charge in [-0.15, -0.1) is 0 Å². The smallest absolute Gasteiger partial charge is 0.223 e. The maximum atomic E-state index is 13.0. The second-order valence-electron chi connectivity index (χ2n) is 3.68. The molecule has 0 saturated carbocycles. The van der Waals surface area contributed by atoms with Crippen LogP contribution in [-0.4, -0.2) is 4.98 Å². The van der Waals surface area contributed by atoms with Crippen molar-refractivity contribution in [3.63, 3.8) is 0 Å². The van der Waals surface area contributed by atoms with Crippen LogP contribution in [0.25, 0.3) is 0 Å². The fraction of sp³-hybridized carbons (Fsp3) is 0.154. The third-order valence-electron chi connectivity index (χ3n) is 2.31. The summed E-state index contributed by atoms with van der Waals surface area (Å²) < 4.78 is 18.5. The molecule has 1 heterocycles. The zero-order valence-corrected chi connectivity index (χ0v) is 9.48. The number of aryl methyl sites for hydroxylation is 1. The van der Waals surface area contributed by atoms with Gasteiger partial charge in [-0.05, 0) is 25.1 Å². The molecule has 0 saturated heterocycles. The lowest BCUT2D eigenvalue weighted by Gasteiger charge is -2.09. The fourth-order valence-electron chi connectivity index (χ4n) is 1.45. The Balaban J connectivity index is 2.32. The van der Waals surface area contributed by atoms with Crippen molar-refractivity contribution in [2.24, 2.45) is 5.73 Å². The lowest BCUT2D eigenvalue weighted by Crippen LogP contribution is -2.02. The Morgan fingerprint density at radius 2 is 2.12 bits per heavy atom. The Kier molecular flexibility index (Phi) is 3.35. The van der Waals surface area contributed by atoms with Crippen molar-refractivity contribution in [1.82, 2.24) is 4.98 Å². The summed E-state index contributed by atoms with van der Waals surface area (Å²) in [6.07, 6.45) is 0. The summed E-state index contributed by atoms with van der Waals surface area (Å²) in [4.78, 5) is 4.24. The van der Waals surface area contributed by atoms with Gasteiger partial charge in [0.2, 0.25) is 5.88 Å². The first-order chi connectivity index (χ1) is 8.19. The molecule has 0 atom stereocenters. The van der Waals surface area contributed by atoms with E-state index >= 15 is 0 Å². The first kappa shape index (κ1) is 11.5. The number of aromatic nitrogens is 1. The van der Waals surface area contributed by atoms with Gasteiger partial charge in [0.25, 0.3) is 0 Å². The lowest BCUT2D eigenvalue weighted by atomic mass is 10.2. The minimum Gasteiger partial charge on any atom is -0.439 e. The van der Waals surface area contributed by atoms with E-state index in [4.69, 9.17) is 10.5 Å². The summed E-state index contributed by atoms with van der Waals surface area (Å²) in [7, 11) is 0. The van der Waals surface area contributed by atoms with Gasteiger partial charge in [-0.3, -0.25) is 0 Å². The van der Waals surface area contributed by atoms with E-state index in [1.165, 1.54) is 12.1 Å². The molecule has 4 heteroatoms. The SMILES string of the molecule is Cc1ccc(CN)c(Oc2cccc(F)c2)n1. The first-order valence-electron chi connectivity index (χ1n) is 5.29. The Morgan fingerprint density at radius 3 is 2.82 bits per heavy atom. The molecule has 3 nitrogen and oxygen atoms in total. The summed E-state index contributed by atoms with van der Waals surface area (Å²) in [6, 6.07) is 9.65. The van der Waals surface area contributed by atoms with E-state index in [1.807, 2.05) is 19.1 Å². The number of ether oxygens (including phenoxy) is 1. The van der Waals surface area contributed by atoms with Crippen molar-refractivity contribution in [1.29, 1.82) is 0 Å². The van der Waals surface area contributed by atoms with Crippen LogP contribution < -0.4 is 10.5 Å². The van der Waals surface area contributed by atoms with Crippen molar-refractivity contribution in [2.45, 2.75) is 13.5 Å². The first-order valence-corrected chi connectivity index (χ1v) is 5.29. The van der Waals surface area contributed by atoms with Gasteiger partial charge in [0.05, 0.1) is 0 Å². The molecule has 0 bridgehead atoms. The molecule has 0 spiro atoms. The van der Waals surface area contributed by atoms with Crippen molar-refractivity contribution in [3.8, 4) is 11.6 Å². The molecule has 0 amide bonds. The van der Waals surface area contributed by atoms with E-state index in [1.54, 1.807) is 12.1 Å². The predicted octanol–water partition coefficient (Wildman–Crippen LogP) is 2.78. The van der Waals surface area contributed by atoms with Crippen molar-refractivity contribution in [3.05, 3.63) is 53.5 Å². The summed E-state index contributed by atoms with van der Waals surface area (Å²) in [5.41, 5.74) is 7.21. The van der Waals surface area contributed by atoms with Crippen LogP contribution in [0.2, 0.25) is 0 Å². The van der Waals surface area contributed by atoms with Gasteiger partial charge >= 0.3 is 0 Å². The Hall–Kier alpha value is -1.94. The van der Waals surface area contributed by atoms with Gasteiger partial charge in [-0.25, -0.2) is 9.37 Å². The van der Waals surface area contributed by atoms with Crippen LogP contribution in [-0.2, 0) is 6.54 Å². The maximum absolute atomic E-state index is 13.0. The molecular formula is C13H13FN2O. The molecule has 1 aromatic carbocycles. The van der Waals surface area contributed by atoms with Crippen molar-refractivity contribution >= 4 is 0 Å². The average molecular weight is 232 g/mol. The summed E-state index contributed by atoms with van der Waals surface area (Å²) in [5.74, 6) is 0.500. The van der Waals surface area contributed by atoms with Crippen LogP contribution in [0.5, 0.6) is 11.6 Å². The molecule has 1 aromatic heterocycles. The van der Waals surface area contributed by atoms with E-state index < -0.39 is 0 Å². The highest BCUT2D eigenvalue weighted by Gasteiger charge is 2.06. The van der Waals surface area contributed by atoms with Crippen molar-refractivity contribution < 1.29 is 9.13 Å². The van der Waals surface area contributed by atoms with Crippen LogP contribution in [0.15, 0.2) is 36.4 Å². The normalized spacial score (nSPS) is 10.3. The number of nitrogens with two attached hydrogens (primary N) is 1. The molecule has 17 heavy (non-hydrogen) atoms. The molecule has 2 aromatic rings. The van der Waals surface area contributed by atoms with Gasteiger partial charge in [0.1, 0.15) is 11.6 Å². The average Bonchev–Trinajstić information content (AvgIpc) is 2.29. The van der Waals surface area contributed by atoms with Gasteiger partial charge < -0.3 is 10.5 Å². The van der Waals surface area contributed by atoms with E-state index in [0.717, 1.165) is 11.3 Å². The molecule has 0 aliphatic rings. The quantitative estimate of drug-likeness (QED) is 0.885. The number of nitrogens with zero attached hydrogens (tertiary/aromatic N) is 1. The number of benzene rings is 1. The van der Waals surface area contributed by atoms with Crippen molar-refractivity contribution in [2.75, 3.05) is 0 Å². The largest absolute Gasteiger partial charge is 0.439 e. The third-order valence-corrected chi connectivity index (χ3v) is 2.31. The standard InChI is InChI=1S/C13H13FN2O/c1-9-5-6-10(8-15)13(16-9)17-12-4-2-3-11(14)7-12/h2-7H,8,15H2,1H3. The Labute approximate surface area is 99.1 Å². The van der Waals surface area contributed by atoms with E-state index in [-0.39, 0.29) is 5.82 Å². The highest BCUT2D eigenvalue weighted by atomic mass is 19.1. The number of rotatable bonds is 3. The highest BCUT2D eigenvalue weighted by molar-refractivity contribution is 5.33. The minimum atomic E-state index is -0.343. The maximum Gasteiger partial charge on any atom is 0.223 e.